The molecule has 0 radical (unpaired) electrons. The van der Waals surface area contributed by atoms with E-state index >= 15 is 0 Å². The molecule has 0 unspecified atom stereocenters. The number of fused-ring (bicyclic) bond motifs is 1. The highest BCUT2D eigenvalue weighted by molar-refractivity contribution is 6.31. The SMILES string of the molecule is O=C1NC(=O)N(Cc2ccc(F)cc2)C(=O)C1=Cc1cc2c(cc1[N+](=O)[O-])OCO2. The fourth-order valence-corrected chi connectivity index (χ4v) is 2.99. The third-order valence-electron chi connectivity index (χ3n) is 4.46. The van der Waals surface area contributed by atoms with Crippen molar-refractivity contribution in [2.45, 2.75) is 6.54 Å². The highest BCUT2D eigenvalue weighted by Gasteiger charge is 2.36. The van der Waals surface area contributed by atoms with Crippen LogP contribution >= 0.6 is 0 Å². The Morgan fingerprint density at radius 3 is 2.47 bits per heavy atom. The van der Waals surface area contributed by atoms with Crippen LogP contribution in [0.5, 0.6) is 11.5 Å². The van der Waals surface area contributed by atoms with Gasteiger partial charge in [-0.2, -0.15) is 0 Å². The maximum atomic E-state index is 13.1. The van der Waals surface area contributed by atoms with Gasteiger partial charge < -0.3 is 9.47 Å². The molecule has 0 aliphatic carbocycles. The van der Waals surface area contributed by atoms with Gasteiger partial charge in [0.2, 0.25) is 6.79 Å². The molecule has 4 amide bonds. The summed E-state index contributed by atoms with van der Waals surface area (Å²) in [6, 6.07) is 6.55. The van der Waals surface area contributed by atoms with E-state index in [4.69, 9.17) is 9.47 Å². The lowest BCUT2D eigenvalue weighted by Crippen LogP contribution is -2.53. The summed E-state index contributed by atoms with van der Waals surface area (Å²) in [5, 5.41) is 13.4. The summed E-state index contributed by atoms with van der Waals surface area (Å²) in [6.07, 6.45) is 1.02. The van der Waals surface area contributed by atoms with Gasteiger partial charge in [-0.15, -0.1) is 0 Å². The number of hydrogen-bond donors (Lipinski definition) is 1. The number of urea groups is 1. The molecule has 0 atom stereocenters. The van der Waals surface area contributed by atoms with Gasteiger partial charge >= 0.3 is 6.03 Å². The molecular formula is C19H12FN3O7. The van der Waals surface area contributed by atoms with Crippen molar-refractivity contribution in [3.05, 3.63) is 69.0 Å². The summed E-state index contributed by atoms with van der Waals surface area (Å²) in [5.74, 6) is -2.04. The number of nitro benzene ring substituents is 1. The van der Waals surface area contributed by atoms with Crippen molar-refractivity contribution in [1.29, 1.82) is 0 Å². The minimum Gasteiger partial charge on any atom is -0.454 e. The van der Waals surface area contributed by atoms with Crippen LogP contribution < -0.4 is 14.8 Å². The van der Waals surface area contributed by atoms with Crippen molar-refractivity contribution < 1.29 is 33.2 Å². The zero-order chi connectivity index (χ0) is 21.4. The molecule has 2 heterocycles. The fourth-order valence-electron chi connectivity index (χ4n) is 2.99. The van der Waals surface area contributed by atoms with Gasteiger partial charge in [-0.3, -0.25) is 29.9 Å². The van der Waals surface area contributed by atoms with Crippen LogP contribution in [0.4, 0.5) is 14.9 Å². The minimum atomic E-state index is -0.993. The first-order chi connectivity index (χ1) is 14.3. The van der Waals surface area contributed by atoms with Crippen molar-refractivity contribution in [2.75, 3.05) is 6.79 Å². The second-order valence-corrected chi connectivity index (χ2v) is 6.36. The smallest absolute Gasteiger partial charge is 0.331 e. The highest BCUT2D eigenvalue weighted by Crippen LogP contribution is 2.39. The van der Waals surface area contributed by atoms with Gasteiger partial charge in [0.1, 0.15) is 11.4 Å². The molecule has 30 heavy (non-hydrogen) atoms. The number of rotatable bonds is 4. The number of imide groups is 2. The Morgan fingerprint density at radius 2 is 1.80 bits per heavy atom. The molecule has 0 aromatic heterocycles. The number of nitro groups is 1. The predicted molar refractivity (Wildman–Crippen MR) is 97.7 cm³/mol. The number of nitrogens with one attached hydrogen (secondary N) is 1. The maximum absolute atomic E-state index is 13.1. The monoisotopic (exact) mass is 413 g/mol. The van der Waals surface area contributed by atoms with Crippen molar-refractivity contribution in [2.24, 2.45) is 0 Å². The Labute approximate surface area is 167 Å². The molecule has 11 heteroatoms. The summed E-state index contributed by atoms with van der Waals surface area (Å²) in [6.45, 7) is -0.343. The number of ether oxygens (including phenoxy) is 2. The van der Waals surface area contributed by atoms with E-state index in [1.54, 1.807) is 0 Å². The molecule has 2 aliphatic rings. The molecule has 0 bridgehead atoms. The van der Waals surface area contributed by atoms with Gasteiger partial charge in [-0.05, 0) is 29.8 Å². The highest BCUT2D eigenvalue weighted by atomic mass is 19.1. The summed E-state index contributed by atoms with van der Waals surface area (Å²) >= 11 is 0. The van der Waals surface area contributed by atoms with Crippen LogP contribution in [0, 0.1) is 15.9 Å². The number of amides is 4. The van der Waals surface area contributed by atoms with E-state index in [-0.39, 0.29) is 30.4 Å². The lowest BCUT2D eigenvalue weighted by atomic mass is 10.0. The molecule has 10 nitrogen and oxygen atoms in total. The van der Waals surface area contributed by atoms with E-state index in [2.05, 4.69) is 0 Å². The van der Waals surface area contributed by atoms with Crippen LogP contribution in [0.3, 0.4) is 0 Å². The molecule has 4 rings (SSSR count). The number of nitrogens with zero attached hydrogens (tertiary/aromatic N) is 2. The standard InChI is InChI=1S/C19H12FN3O7/c20-12-3-1-10(2-4-12)8-22-18(25)13(17(24)21-19(22)26)5-11-6-15-16(30-9-29-15)7-14(11)23(27)28/h1-7H,8-9H2,(H,21,24,26). The number of carbonyl (C=O) groups is 3. The zero-order valence-electron chi connectivity index (χ0n) is 15.1. The van der Waals surface area contributed by atoms with E-state index in [1.807, 2.05) is 5.32 Å². The lowest BCUT2D eigenvalue weighted by Gasteiger charge is -2.26. The average Bonchev–Trinajstić information content (AvgIpc) is 3.16. The topological polar surface area (TPSA) is 128 Å². The maximum Gasteiger partial charge on any atom is 0.331 e. The van der Waals surface area contributed by atoms with Crippen molar-refractivity contribution in [1.82, 2.24) is 10.2 Å². The van der Waals surface area contributed by atoms with E-state index in [0.29, 0.717) is 5.56 Å². The second kappa shape index (κ2) is 7.28. The van der Waals surface area contributed by atoms with Crippen molar-refractivity contribution >= 4 is 29.6 Å². The number of hydrogen-bond acceptors (Lipinski definition) is 7. The van der Waals surface area contributed by atoms with Gasteiger partial charge in [-0.25, -0.2) is 9.18 Å². The first-order valence-electron chi connectivity index (χ1n) is 8.55. The van der Waals surface area contributed by atoms with E-state index in [1.165, 1.54) is 30.3 Å². The van der Waals surface area contributed by atoms with Crippen LogP contribution in [0.25, 0.3) is 6.08 Å². The molecule has 1 fully saturated rings. The fraction of sp³-hybridized carbons (Fsp3) is 0.105. The Kier molecular flexibility index (Phi) is 4.62. The van der Waals surface area contributed by atoms with Crippen LogP contribution in [-0.4, -0.2) is 34.5 Å². The molecule has 0 saturated carbocycles. The number of benzene rings is 2. The van der Waals surface area contributed by atoms with Gasteiger partial charge in [0.15, 0.2) is 11.5 Å². The minimum absolute atomic E-state index is 0.0705. The molecule has 2 aromatic rings. The van der Waals surface area contributed by atoms with Gasteiger partial charge in [0.05, 0.1) is 23.1 Å². The van der Waals surface area contributed by atoms with Crippen molar-refractivity contribution in [3.8, 4) is 11.5 Å². The number of carbonyl (C=O) groups excluding carboxylic acids is 3. The molecule has 0 spiro atoms. The second-order valence-electron chi connectivity index (χ2n) is 6.36. The summed E-state index contributed by atoms with van der Waals surface area (Å²) < 4.78 is 23.4. The molecule has 2 aliphatic heterocycles. The van der Waals surface area contributed by atoms with Crippen LogP contribution in [0.15, 0.2) is 42.0 Å². The summed E-state index contributed by atoms with van der Waals surface area (Å²) in [5.41, 5.74) is -0.505. The van der Waals surface area contributed by atoms with Crippen molar-refractivity contribution in [3.63, 3.8) is 0 Å². The Bertz CT molecular complexity index is 1130. The Morgan fingerprint density at radius 1 is 1.13 bits per heavy atom. The molecule has 1 N–H and O–H groups in total. The lowest BCUT2D eigenvalue weighted by molar-refractivity contribution is -0.385. The molecule has 152 valence electrons. The first kappa shape index (κ1) is 19.1. The zero-order valence-corrected chi connectivity index (χ0v) is 15.1. The third-order valence-corrected chi connectivity index (χ3v) is 4.46. The largest absolute Gasteiger partial charge is 0.454 e. The van der Waals surface area contributed by atoms with E-state index < -0.39 is 39.8 Å². The van der Waals surface area contributed by atoms with Gasteiger partial charge in [-0.1, -0.05) is 12.1 Å². The summed E-state index contributed by atoms with van der Waals surface area (Å²) in [7, 11) is 0. The number of barbiturate groups is 1. The normalized spacial score (nSPS) is 16.8. The molecule has 1 saturated heterocycles. The average molecular weight is 413 g/mol. The predicted octanol–water partition coefficient (Wildman–Crippen LogP) is 2.12. The molecule has 2 aromatic carbocycles. The Balaban J connectivity index is 1.71. The van der Waals surface area contributed by atoms with Crippen LogP contribution in [0.2, 0.25) is 0 Å². The van der Waals surface area contributed by atoms with Gasteiger partial charge in [0.25, 0.3) is 17.5 Å². The first-order valence-corrected chi connectivity index (χ1v) is 8.55. The van der Waals surface area contributed by atoms with Crippen LogP contribution in [0.1, 0.15) is 11.1 Å². The summed E-state index contributed by atoms with van der Waals surface area (Å²) in [4.78, 5) is 48.7. The Hall–Kier alpha value is -4.28. The van der Waals surface area contributed by atoms with E-state index in [0.717, 1.165) is 17.0 Å². The quantitative estimate of drug-likeness (QED) is 0.352. The van der Waals surface area contributed by atoms with E-state index in [9.17, 15) is 28.9 Å². The van der Waals surface area contributed by atoms with Gasteiger partial charge in [0, 0.05) is 0 Å². The third kappa shape index (κ3) is 3.43. The van der Waals surface area contributed by atoms with Crippen LogP contribution in [-0.2, 0) is 16.1 Å². The molecular weight excluding hydrogens is 401 g/mol. The number of halogens is 1.